The van der Waals surface area contributed by atoms with Gasteiger partial charge in [-0.1, -0.05) is 52.3 Å². The molecule has 1 unspecified atom stereocenters. The van der Waals surface area contributed by atoms with Crippen LogP contribution in [-0.2, 0) is 4.79 Å². The van der Waals surface area contributed by atoms with Gasteiger partial charge in [0.1, 0.15) is 10.1 Å². The number of halogens is 2. The Kier molecular flexibility index (Phi) is 3.37. The van der Waals surface area contributed by atoms with Gasteiger partial charge in [0.15, 0.2) is 0 Å². The Morgan fingerprint density at radius 3 is 2.38 bits per heavy atom. The lowest BCUT2D eigenvalue weighted by Crippen LogP contribution is -2.38. The van der Waals surface area contributed by atoms with Crippen LogP contribution >= 0.6 is 15.9 Å². The Morgan fingerprint density at radius 1 is 1.10 bits per heavy atom. The lowest BCUT2D eigenvalue weighted by molar-refractivity contribution is -0.118. The van der Waals surface area contributed by atoms with Gasteiger partial charge in [-0.05, 0) is 25.1 Å². The molecular formula is C16H12BrFN2O. The highest BCUT2D eigenvalue weighted by Crippen LogP contribution is 2.35. The molecule has 0 aliphatic carbocycles. The number of para-hydroxylation sites is 1. The van der Waals surface area contributed by atoms with E-state index in [-0.39, 0.29) is 5.91 Å². The molecule has 0 saturated heterocycles. The lowest BCUT2D eigenvalue weighted by atomic mass is 9.98. The van der Waals surface area contributed by atoms with Crippen molar-refractivity contribution in [1.82, 2.24) is 0 Å². The second-order valence-corrected chi connectivity index (χ2v) is 6.47. The summed E-state index contributed by atoms with van der Waals surface area (Å²) in [5.74, 6) is -0.642. The summed E-state index contributed by atoms with van der Waals surface area (Å²) >= 11 is 3.39. The predicted molar refractivity (Wildman–Crippen MR) is 84.2 cm³/mol. The van der Waals surface area contributed by atoms with E-state index in [4.69, 9.17) is 0 Å². The number of nitrogens with zero attached hydrogens (tertiary/aromatic N) is 2. The summed E-state index contributed by atoms with van der Waals surface area (Å²) in [5, 5.41) is 5.64. The molecule has 0 aromatic heterocycles. The van der Waals surface area contributed by atoms with Crippen molar-refractivity contribution in [3.63, 3.8) is 0 Å². The van der Waals surface area contributed by atoms with Gasteiger partial charge in [-0.2, -0.15) is 10.1 Å². The number of amides is 1. The fourth-order valence-corrected chi connectivity index (χ4v) is 2.70. The Balaban J connectivity index is 2.12. The van der Waals surface area contributed by atoms with E-state index in [1.807, 2.05) is 18.2 Å². The second kappa shape index (κ2) is 5.07. The molecule has 1 heterocycles. The van der Waals surface area contributed by atoms with Gasteiger partial charge in [0, 0.05) is 5.56 Å². The molecule has 0 fully saturated rings. The molecule has 0 spiro atoms. The standard InChI is InChI=1S/C16H12BrFN2O/c1-16(17)14(12-9-5-6-10-13(12)18)19-20(15(16)21)11-7-3-2-4-8-11/h2-10H,1H3. The van der Waals surface area contributed by atoms with Crippen LogP contribution in [0, 0.1) is 5.82 Å². The Bertz CT molecular complexity index is 728. The summed E-state index contributed by atoms with van der Waals surface area (Å²) in [7, 11) is 0. The highest BCUT2D eigenvalue weighted by atomic mass is 79.9. The number of rotatable bonds is 2. The number of benzene rings is 2. The van der Waals surface area contributed by atoms with Crippen molar-refractivity contribution in [2.24, 2.45) is 5.10 Å². The van der Waals surface area contributed by atoms with Gasteiger partial charge in [0.25, 0.3) is 5.91 Å². The summed E-state index contributed by atoms with van der Waals surface area (Å²) in [5.41, 5.74) is 1.35. The van der Waals surface area contributed by atoms with Crippen molar-refractivity contribution in [2.45, 2.75) is 11.2 Å². The van der Waals surface area contributed by atoms with Crippen LogP contribution in [0.4, 0.5) is 10.1 Å². The first-order chi connectivity index (χ1) is 10.0. The third kappa shape index (κ3) is 2.27. The molecule has 21 heavy (non-hydrogen) atoms. The van der Waals surface area contributed by atoms with E-state index < -0.39 is 10.1 Å². The van der Waals surface area contributed by atoms with E-state index in [9.17, 15) is 9.18 Å². The van der Waals surface area contributed by atoms with Crippen LogP contribution in [-0.4, -0.2) is 15.9 Å². The van der Waals surface area contributed by atoms with Gasteiger partial charge in [0.2, 0.25) is 0 Å². The highest BCUT2D eigenvalue weighted by molar-refractivity contribution is 9.10. The van der Waals surface area contributed by atoms with Gasteiger partial charge < -0.3 is 0 Å². The molecule has 0 N–H and O–H groups in total. The van der Waals surface area contributed by atoms with Crippen LogP contribution in [0.1, 0.15) is 12.5 Å². The van der Waals surface area contributed by atoms with E-state index in [0.717, 1.165) is 0 Å². The summed E-state index contributed by atoms with van der Waals surface area (Å²) in [6, 6.07) is 15.4. The van der Waals surface area contributed by atoms with Crippen LogP contribution in [0.25, 0.3) is 0 Å². The molecule has 1 aliphatic heterocycles. The maximum absolute atomic E-state index is 14.0. The average molecular weight is 347 g/mol. The van der Waals surface area contributed by atoms with Crippen molar-refractivity contribution in [1.29, 1.82) is 0 Å². The van der Waals surface area contributed by atoms with Crippen LogP contribution in [0.15, 0.2) is 59.7 Å². The third-order valence-corrected chi connectivity index (χ3v) is 4.08. The number of hydrogen-bond acceptors (Lipinski definition) is 2. The molecule has 0 saturated carbocycles. The minimum atomic E-state index is -1.05. The van der Waals surface area contributed by atoms with Gasteiger partial charge in [-0.25, -0.2) is 4.39 Å². The van der Waals surface area contributed by atoms with E-state index in [1.165, 1.54) is 11.1 Å². The molecule has 1 aliphatic rings. The van der Waals surface area contributed by atoms with Gasteiger partial charge >= 0.3 is 0 Å². The van der Waals surface area contributed by atoms with Crippen molar-refractivity contribution >= 4 is 33.2 Å². The predicted octanol–water partition coefficient (Wildman–Crippen LogP) is 3.73. The van der Waals surface area contributed by atoms with E-state index >= 15 is 0 Å². The van der Waals surface area contributed by atoms with Crippen molar-refractivity contribution in [3.8, 4) is 0 Å². The molecule has 0 bridgehead atoms. The summed E-state index contributed by atoms with van der Waals surface area (Å²) in [6.07, 6.45) is 0. The van der Waals surface area contributed by atoms with E-state index in [1.54, 1.807) is 37.3 Å². The molecule has 1 amide bonds. The van der Waals surface area contributed by atoms with E-state index in [2.05, 4.69) is 21.0 Å². The van der Waals surface area contributed by atoms with Gasteiger partial charge in [-0.3, -0.25) is 4.79 Å². The summed E-state index contributed by atoms with van der Waals surface area (Å²) < 4.78 is 13.0. The lowest BCUT2D eigenvalue weighted by Gasteiger charge is -2.17. The molecule has 5 heteroatoms. The molecular weight excluding hydrogens is 335 g/mol. The summed E-state index contributed by atoms with van der Waals surface area (Å²) in [6.45, 7) is 1.68. The first-order valence-corrected chi connectivity index (χ1v) is 7.23. The van der Waals surface area contributed by atoms with Crippen LogP contribution in [0.5, 0.6) is 0 Å². The largest absolute Gasteiger partial charge is 0.270 e. The van der Waals surface area contributed by atoms with Crippen LogP contribution in [0.3, 0.4) is 0 Å². The topological polar surface area (TPSA) is 32.7 Å². The first-order valence-electron chi connectivity index (χ1n) is 6.44. The number of anilines is 1. The van der Waals surface area contributed by atoms with E-state index in [0.29, 0.717) is 17.0 Å². The zero-order valence-electron chi connectivity index (χ0n) is 11.3. The highest BCUT2D eigenvalue weighted by Gasteiger charge is 2.47. The fraction of sp³-hybridized carbons (Fsp3) is 0.125. The normalized spacial score (nSPS) is 21.6. The molecule has 1 atom stereocenters. The zero-order valence-corrected chi connectivity index (χ0v) is 12.8. The molecule has 3 nitrogen and oxygen atoms in total. The third-order valence-electron chi connectivity index (χ3n) is 3.37. The molecule has 0 radical (unpaired) electrons. The molecule has 2 aromatic rings. The SMILES string of the molecule is CC1(Br)C(=O)N(c2ccccc2)N=C1c1ccccc1F. The smallest absolute Gasteiger partial charge is 0.270 e. The number of hydrogen-bond donors (Lipinski definition) is 0. The number of carbonyl (C=O) groups excluding carboxylic acids is 1. The van der Waals surface area contributed by atoms with Crippen molar-refractivity contribution in [2.75, 3.05) is 5.01 Å². The van der Waals surface area contributed by atoms with Crippen molar-refractivity contribution < 1.29 is 9.18 Å². The van der Waals surface area contributed by atoms with Crippen molar-refractivity contribution in [3.05, 3.63) is 66.0 Å². The number of hydrazone groups is 1. The molecule has 3 rings (SSSR count). The average Bonchev–Trinajstić information content (AvgIpc) is 2.72. The Hall–Kier alpha value is -2.01. The number of carbonyl (C=O) groups is 1. The second-order valence-electron chi connectivity index (χ2n) is 4.88. The Morgan fingerprint density at radius 2 is 1.71 bits per heavy atom. The maximum atomic E-state index is 14.0. The maximum Gasteiger partial charge on any atom is 0.270 e. The first kappa shape index (κ1) is 13.9. The van der Waals surface area contributed by atoms with Gasteiger partial charge in [0.05, 0.1) is 11.4 Å². The zero-order chi connectivity index (χ0) is 15.0. The number of alkyl halides is 1. The summed E-state index contributed by atoms with van der Waals surface area (Å²) in [4.78, 5) is 12.6. The molecule has 106 valence electrons. The monoisotopic (exact) mass is 346 g/mol. The minimum absolute atomic E-state index is 0.244. The Labute approximate surface area is 130 Å². The van der Waals surface area contributed by atoms with Crippen LogP contribution < -0.4 is 5.01 Å². The minimum Gasteiger partial charge on any atom is -0.270 e. The van der Waals surface area contributed by atoms with Crippen LogP contribution in [0.2, 0.25) is 0 Å². The quantitative estimate of drug-likeness (QED) is 0.762. The fourth-order valence-electron chi connectivity index (χ4n) is 2.24. The van der Waals surface area contributed by atoms with Gasteiger partial charge in [-0.15, -0.1) is 0 Å². The molecule has 2 aromatic carbocycles.